The number of halogens is 6. The predicted octanol–water partition coefficient (Wildman–Crippen LogP) is 13.4. The molecule has 0 fully saturated rings. The lowest BCUT2D eigenvalue weighted by molar-refractivity contribution is -0.137. The molecule has 4 aromatic heterocycles. The summed E-state index contributed by atoms with van der Waals surface area (Å²) in [6, 6.07) is 32.5. The number of aryl methyl sites for hydroxylation is 2. The molecule has 75 heavy (non-hydrogen) atoms. The van der Waals surface area contributed by atoms with E-state index in [0.29, 0.717) is 45.3 Å². The first-order valence-electron chi connectivity index (χ1n) is 22.1. The number of nitrogens with zero attached hydrogens (tertiary/aromatic N) is 5. The lowest BCUT2D eigenvalue weighted by Crippen LogP contribution is -2.07. The highest BCUT2D eigenvalue weighted by molar-refractivity contribution is 5.97. The lowest BCUT2D eigenvalue weighted by atomic mass is 10.0. The molecule has 5 aromatic carbocycles. The molecule has 0 aliphatic rings. The summed E-state index contributed by atoms with van der Waals surface area (Å²) in [7, 11) is 0. The predicted molar refractivity (Wildman–Crippen MR) is 269 cm³/mol. The number of nitrogens with one attached hydrogen (secondary N) is 3. The normalized spacial score (nSPS) is 10.7. The standard InChI is InChI=1S/C19H12F4N2O2.2C18H14FN3O2/c20-11-5-7-17(14(9-11)18(26)27)25-12-6-8-16(24-10-12)13-3-1-2-4-15(13)19(21,22)23;1-11-2-4-17(14(8-11)18(23)24)22-12-3-5-16(21-9-12)13-6-7-20-10-15(13)19;1-11-6-7-16(14(8-11)18(23)24)22-12-9-20-17(21-10-12)13-4-2-3-5-15(13)19/h1-10,25H,(H,26,27);2*2-10,22H,1H3,(H,23,24). The molecule has 0 spiro atoms. The molecule has 0 radical (unpaired) electrons. The van der Waals surface area contributed by atoms with E-state index in [9.17, 15) is 50.9 Å². The number of carboxylic acid groups (broad SMARTS) is 3. The van der Waals surface area contributed by atoms with E-state index in [4.69, 9.17) is 5.11 Å². The van der Waals surface area contributed by atoms with Gasteiger partial charge in [-0.2, -0.15) is 13.2 Å². The summed E-state index contributed by atoms with van der Waals surface area (Å²) in [5.41, 5.74) is 4.69. The Morgan fingerprint density at radius 2 is 0.933 bits per heavy atom. The molecule has 0 aliphatic carbocycles. The van der Waals surface area contributed by atoms with Gasteiger partial charge in [-0.05, 0) is 105 Å². The van der Waals surface area contributed by atoms with Gasteiger partial charge in [0.05, 0.1) is 104 Å². The molecule has 0 amide bonds. The molecule has 4 heterocycles. The second-order valence-electron chi connectivity index (χ2n) is 16.1. The van der Waals surface area contributed by atoms with Crippen molar-refractivity contribution in [2.24, 2.45) is 0 Å². The van der Waals surface area contributed by atoms with Crippen LogP contribution in [-0.2, 0) is 6.18 Å². The number of hydrogen-bond acceptors (Lipinski definition) is 11. The third kappa shape index (κ3) is 13.7. The zero-order valence-corrected chi connectivity index (χ0v) is 39.2. The van der Waals surface area contributed by atoms with E-state index in [-0.39, 0.29) is 39.5 Å². The number of benzene rings is 5. The molecular weight excluding hydrogens is 983 g/mol. The number of hydrogen-bond donors (Lipinski definition) is 6. The van der Waals surface area contributed by atoms with E-state index in [1.807, 2.05) is 26.0 Å². The van der Waals surface area contributed by atoms with Crippen molar-refractivity contribution in [1.82, 2.24) is 24.9 Å². The average Bonchev–Trinajstić information content (AvgIpc) is 3.39. The van der Waals surface area contributed by atoms with E-state index in [0.717, 1.165) is 35.5 Å². The largest absolute Gasteiger partial charge is 0.478 e. The van der Waals surface area contributed by atoms with Gasteiger partial charge in [0, 0.05) is 17.3 Å². The number of aromatic carboxylic acids is 3. The fraction of sp³-hybridized carbons (Fsp3) is 0.0545. The van der Waals surface area contributed by atoms with Crippen molar-refractivity contribution in [1.29, 1.82) is 0 Å². The van der Waals surface area contributed by atoms with E-state index in [1.165, 1.54) is 73.4 Å². The van der Waals surface area contributed by atoms with Crippen LogP contribution in [0.1, 0.15) is 47.8 Å². The Kier molecular flexibility index (Phi) is 16.6. The van der Waals surface area contributed by atoms with Gasteiger partial charge >= 0.3 is 24.1 Å². The van der Waals surface area contributed by atoms with Crippen LogP contribution in [0.2, 0.25) is 0 Å². The lowest BCUT2D eigenvalue weighted by Gasteiger charge is -2.13. The monoisotopic (exact) mass is 1020 g/mol. The molecule has 0 saturated heterocycles. The number of carbonyl (C=O) groups is 3. The maximum atomic E-state index is 13.7. The van der Waals surface area contributed by atoms with E-state index in [1.54, 1.807) is 60.7 Å². The number of pyridine rings is 3. The van der Waals surface area contributed by atoms with Crippen LogP contribution in [0.4, 0.5) is 60.5 Å². The van der Waals surface area contributed by atoms with Crippen molar-refractivity contribution in [3.05, 3.63) is 221 Å². The number of alkyl halides is 3. The zero-order valence-electron chi connectivity index (χ0n) is 39.2. The minimum absolute atomic E-state index is 0.0652. The van der Waals surface area contributed by atoms with Gasteiger partial charge in [0.1, 0.15) is 11.6 Å². The molecule has 0 atom stereocenters. The summed E-state index contributed by atoms with van der Waals surface area (Å²) in [6.45, 7) is 3.65. The van der Waals surface area contributed by atoms with Crippen LogP contribution in [0.25, 0.3) is 33.9 Å². The number of rotatable bonds is 12. The minimum atomic E-state index is -4.51. The molecule has 6 N–H and O–H groups in total. The first kappa shape index (κ1) is 52.8. The Morgan fingerprint density at radius 3 is 1.43 bits per heavy atom. The maximum Gasteiger partial charge on any atom is 0.417 e. The molecule has 0 aliphatic heterocycles. The average molecular weight is 1020 g/mol. The Bertz CT molecular complexity index is 3360. The maximum absolute atomic E-state index is 13.7. The van der Waals surface area contributed by atoms with Gasteiger partial charge in [0.25, 0.3) is 0 Å². The molecule has 378 valence electrons. The second-order valence-corrected chi connectivity index (χ2v) is 16.1. The third-order valence-corrected chi connectivity index (χ3v) is 10.7. The van der Waals surface area contributed by atoms with Gasteiger partial charge in [0.2, 0.25) is 0 Å². The van der Waals surface area contributed by atoms with Crippen LogP contribution in [0.5, 0.6) is 0 Å². The van der Waals surface area contributed by atoms with E-state index in [2.05, 4.69) is 40.9 Å². The SMILES string of the molecule is Cc1ccc(Nc2ccc(-c3ccncc3F)nc2)c(C(=O)O)c1.Cc1ccc(Nc2cnc(-c3ccccc3F)nc2)c(C(=O)O)c1.O=C(O)c1cc(F)ccc1Nc1ccc(-c2ccccc2C(F)(F)F)nc1. The molecule has 9 rings (SSSR count). The van der Waals surface area contributed by atoms with Crippen LogP contribution in [0.3, 0.4) is 0 Å². The van der Waals surface area contributed by atoms with Crippen LogP contribution in [0.15, 0.2) is 171 Å². The summed E-state index contributed by atoms with van der Waals surface area (Å²) in [6.07, 6.45) is 3.89. The van der Waals surface area contributed by atoms with Crippen molar-refractivity contribution in [3.8, 4) is 33.9 Å². The summed E-state index contributed by atoms with van der Waals surface area (Å²) in [5.74, 6) is -4.63. The van der Waals surface area contributed by atoms with Crippen LogP contribution in [0, 0.1) is 31.3 Å². The van der Waals surface area contributed by atoms with Crippen molar-refractivity contribution < 1.29 is 56.0 Å². The summed E-state index contributed by atoms with van der Waals surface area (Å²) >= 11 is 0. The summed E-state index contributed by atoms with van der Waals surface area (Å²) in [5, 5.41) is 36.5. The minimum Gasteiger partial charge on any atom is -0.478 e. The highest BCUT2D eigenvalue weighted by Crippen LogP contribution is 2.37. The quantitative estimate of drug-likeness (QED) is 0.0629. The summed E-state index contributed by atoms with van der Waals surface area (Å²) < 4.78 is 80.1. The number of anilines is 6. The van der Waals surface area contributed by atoms with Gasteiger partial charge in [-0.1, -0.05) is 53.6 Å². The first-order valence-corrected chi connectivity index (χ1v) is 22.1. The van der Waals surface area contributed by atoms with Gasteiger partial charge < -0.3 is 31.3 Å². The summed E-state index contributed by atoms with van der Waals surface area (Å²) in [4.78, 5) is 54.1. The van der Waals surface area contributed by atoms with Gasteiger partial charge in [0.15, 0.2) is 11.6 Å². The van der Waals surface area contributed by atoms with Crippen molar-refractivity contribution in [2.45, 2.75) is 20.0 Å². The third-order valence-electron chi connectivity index (χ3n) is 10.7. The van der Waals surface area contributed by atoms with Crippen molar-refractivity contribution in [2.75, 3.05) is 16.0 Å². The molecule has 9 aromatic rings. The Hall–Kier alpha value is -9.98. The Balaban J connectivity index is 0.000000164. The fourth-order valence-corrected chi connectivity index (χ4v) is 7.12. The van der Waals surface area contributed by atoms with Crippen LogP contribution < -0.4 is 16.0 Å². The number of aromatic nitrogens is 5. The molecular formula is C55H40F6N8O6. The van der Waals surface area contributed by atoms with Gasteiger partial charge in [-0.3, -0.25) is 15.0 Å². The van der Waals surface area contributed by atoms with Crippen molar-refractivity contribution in [3.63, 3.8) is 0 Å². The smallest absolute Gasteiger partial charge is 0.417 e. The number of carboxylic acids is 3. The topological polar surface area (TPSA) is 212 Å². The van der Waals surface area contributed by atoms with Crippen LogP contribution in [-0.4, -0.2) is 58.1 Å². The molecule has 14 nitrogen and oxygen atoms in total. The van der Waals surface area contributed by atoms with E-state index >= 15 is 0 Å². The first-order chi connectivity index (χ1) is 35.8. The highest BCUT2D eigenvalue weighted by Gasteiger charge is 2.33. The molecule has 0 bridgehead atoms. The zero-order chi connectivity index (χ0) is 53.8. The van der Waals surface area contributed by atoms with Gasteiger partial charge in [-0.25, -0.2) is 37.5 Å². The fourth-order valence-electron chi connectivity index (χ4n) is 7.12. The Labute approximate surface area is 423 Å². The highest BCUT2D eigenvalue weighted by atomic mass is 19.4. The van der Waals surface area contributed by atoms with E-state index < -0.39 is 47.1 Å². The van der Waals surface area contributed by atoms with Gasteiger partial charge in [-0.15, -0.1) is 0 Å². The van der Waals surface area contributed by atoms with Crippen molar-refractivity contribution >= 4 is 52.0 Å². The molecule has 0 unspecified atom stereocenters. The molecule has 20 heteroatoms. The Morgan fingerprint density at radius 1 is 0.467 bits per heavy atom. The second kappa shape index (κ2) is 23.5. The van der Waals surface area contributed by atoms with Crippen LogP contribution >= 0.6 is 0 Å². The molecule has 0 saturated carbocycles.